The van der Waals surface area contributed by atoms with Gasteiger partial charge in [0.25, 0.3) is 0 Å². The predicted octanol–water partition coefficient (Wildman–Crippen LogP) is 5.22. The molecule has 5 nitrogen and oxygen atoms in total. The van der Waals surface area contributed by atoms with Gasteiger partial charge in [-0.05, 0) is 55.3 Å². The largest absolute Gasteiger partial charge is 0.417 e. The molecule has 31 heavy (non-hydrogen) atoms. The Bertz CT molecular complexity index is 1240. The van der Waals surface area contributed by atoms with Gasteiger partial charge in [0.2, 0.25) is 5.95 Å². The van der Waals surface area contributed by atoms with E-state index in [9.17, 15) is 17.6 Å². The number of nitrogens with zero attached hydrogens (tertiary/aromatic N) is 5. The number of halogens is 4. The molecule has 3 aromatic heterocycles. The highest BCUT2D eigenvalue weighted by Gasteiger charge is 2.31. The molecule has 9 heteroatoms. The van der Waals surface area contributed by atoms with Crippen LogP contribution in [0.2, 0.25) is 0 Å². The molecular formula is C22H17F4N5. The van der Waals surface area contributed by atoms with E-state index < -0.39 is 17.6 Å². The quantitative estimate of drug-likeness (QED) is 0.421. The summed E-state index contributed by atoms with van der Waals surface area (Å²) in [4.78, 5) is 11.1. The highest BCUT2D eigenvalue weighted by atomic mass is 19.4. The highest BCUT2D eigenvalue weighted by molar-refractivity contribution is 5.91. The third kappa shape index (κ3) is 3.60. The summed E-state index contributed by atoms with van der Waals surface area (Å²) in [5.74, 6) is 0.165. The Balaban J connectivity index is 1.72. The van der Waals surface area contributed by atoms with E-state index in [2.05, 4.69) is 20.0 Å². The smallest absolute Gasteiger partial charge is 0.341 e. The van der Waals surface area contributed by atoms with Crippen molar-refractivity contribution in [2.45, 2.75) is 19.0 Å². The second kappa shape index (κ2) is 7.33. The van der Waals surface area contributed by atoms with E-state index in [0.29, 0.717) is 34.0 Å². The number of anilines is 1. The molecule has 0 bridgehead atoms. The standard InChI is InChI=1S/C22H17F4N5/c23-16-6-3-14(4-7-16)20-19(17-9-10-27-21(28-17)30-11-1-2-12-30)18-8-5-15(22(24,25)26)13-31(18)29-20/h3-10,13H,1-2,11-12H2. The van der Waals surface area contributed by atoms with Gasteiger partial charge in [-0.1, -0.05) is 0 Å². The van der Waals surface area contributed by atoms with Crippen molar-refractivity contribution in [3.05, 3.63) is 66.2 Å². The molecule has 0 unspecified atom stereocenters. The Morgan fingerprint density at radius 1 is 0.903 bits per heavy atom. The van der Waals surface area contributed by atoms with Crippen LogP contribution in [0.5, 0.6) is 0 Å². The van der Waals surface area contributed by atoms with Gasteiger partial charge >= 0.3 is 6.18 Å². The number of pyridine rings is 1. The van der Waals surface area contributed by atoms with Crippen molar-refractivity contribution < 1.29 is 17.6 Å². The zero-order chi connectivity index (χ0) is 21.6. The van der Waals surface area contributed by atoms with E-state index in [1.165, 1.54) is 22.7 Å². The molecule has 0 amide bonds. The maximum Gasteiger partial charge on any atom is 0.417 e. The second-order valence-electron chi connectivity index (χ2n) is 7.41. The van der Waals surface area contributed by atoms with Crippen molar-refractivity contribution in [2.24, 2.45) is 0 Å². The number of hydrogen-bond donors (Lipinski definition) is 0. The van der Waals surface area contributed by atoms with Crippen LogP contribution >= 0.6 is 0 Å². The van der Waals surface area contributed by atoms with E-state index in [1.807, 2.05) is 0 Å². The Morgan fingerprint density at radius 2 is 1.65 bits per heavy atom. The summed E-state index contributed by atoms with van der Waals surface area (Å²) < 4.78 is 54.4. The van der Waals surface area contributed by atoms with Crippen LogP contribution in [0.25, 0.3) is 28.0 Å². The molecule has 0 atom stereocenters. The van der Waals surface area contributed by atoms with Gasteiger partial charge in [-0.2, -0.15) is 18.3 Å². The summed E-state index contributed by atoms with van der Waals surface area (Å²) in [5, 5.41) is 4.41. The maximum atomic E-state index is 13.5. The number of benzene rings is 1. The summed E-state index contributed by atoms with van der Waals surface area (Å²) in [6.07, 6.45) is 0.220. The van der Waals surface area contributed by atoms with Crippen LogP contribution in [0.15, 0.2) is 54.9 Å². The van der Waals surface area contributed by atoms with Gasteiger partial charge in [-0.3, -0.25) is 0 Å². The van der Waals surface area contributed by atoms with Crippen molar-refractivity contribution in [1.82, 2.24) is 19.6 Å². The van der Waals surface area contributed by atoms with E-state index in [4.69, 9.17) is 0 Å². The Labute approximate surface area is 175 Å². The fourth-order valence-corrected chi connectivity index (χ4v) is 3.84. The maximum absolute atomic E-state index is 13.5. The van der Waals surface area contributed by atoms with E-state index >= 15 is 0 Å². The van der Waals surface area contributed by atoms with E-state index in [-0.39, 0.29) is 0 Å². The summed E-state index contributed by atoms with van der Waals surface area (Å²) in [6.45, 7) is 1.72. The normalized spacial score (nSPS) is 14.5. The van der Waals surface area contributed by atoms with Crippen molar-refractivity contribution in [1.29, 1.82) is 0 Å². The molecule has 1 aliphatic heterocycles. The summed E-state index contributed by atoms with van der Waals surface area (Å²) >= 11 is 0. The molecule has 0 spiro atoms. The molecule has 0 saturated carbocycles. The summed E-state index contributed by atoms with van der Waals surface area (Å²) in [7, 11) is 0. The first-order valence-electron chi connectivity index (χ1n) is 9.84. The lowest BCUT2D eigenvalue weighted by atomic mass is 10.0. The minimum Gasteiger partial charge on any atom is -0.341 e. The first kappa shape index (κ1) is 19.5. The molecular weight excluding hydrogens is 410 g/mol. The molecule has 1 aliphatic rings. The molecule has 1 fully saturated rings. The van der Waals surface area contributed by atoms with Gasteiger partial charge < -0.3 is 4.90 Å². The molecule has 4 heterocycles. The molecule has 1 saturated heterocycles. The van der Waals surface area contributed by atoms with Gasteiger partial charge in [-0.25, -0.2) is 18.9 Å². The Morgan fingerprint density at radius 3 is 2.35 bits per heavy atom. The van der Waals surface area contributed by atoms with Gasteiger partial charge in [0, 0.05) is 31.0 Å². The fourth-order valence-electron chi connectivity index (χ4n) is 3.84. The predicted molar refractivity (Wildman–Crippen MR) is 108 cm³/mol. The molecule has 0 N–H and O–H groups in total. The lowest BCUT2D eigenvalue weighted by molar-refractivity contribution is -0.137. The molecule has 5 rings (SSSR count). The van der Waals surface area contributed by atoms with Gasteiger partial charge in [0.05, 0.1) is 22.3 Å². The lowest BCUT2D eigenvalue weighted by Crippen LogP contribution is -2.20. The lowest BCUT2D eigenvalue weighted by Gasteiger charge is -2.15. The van der Waals surface area contributed by atoms with Gasteiger partial charge in [0.1, 0.15) is 11.5 Å². The van der Waals surface area contributed by atoms with Crippen LogP contribution in [0.4, 0.5) is 23.5 Å². The number of hydrogen-bond acceptors (Lipinski definition) is 4. The number of aromatic nitrogens is 4. The van der Waals surface area contributed by atoms with Crippen LogP contribution in [0.1, 0.15) is 18.4 Å². The van der Waals surface area contributed by atoms with Crippen molar-refractivity contribution in [3.63, 3.8) is 0 Å². The minimum absolute atomic E-state index is 0.410. The first-order valence-corrected chi connectivity index (χ1v) is 9.84. The van der Waals surface area contributed by atoms with Crippen LogP contribution in [0.3, 0.4) is 0 Å². The molecule has 158 valence electrons. The summed E-state index contributed by atoms with van der Waals surface area (Å²) in [5.41, 5.74) is 1.79. The van der Waals surface area contributed by atoms with Crippen LogP contribution in [-0.2, 0) is 6.18 Å². The Hall–Kier alpha value is -3.49. The fraction of sp³-hybridized carbons (Fsp3) is 0.227. The van der Waals surface area contributed by atoms with E-state index in [0.717, 1.165) is 38.2 Å². The van der Waals surface area contributed by atoms with Crippen molar-refractivity contribution in [2.75, 3.05) is 18.0 Å². The number of alkyl halides is 3. The van der Waals surface area contributed by atoms with Crippen LogP contribution < -0.4 is 4.90 Å². The van der Waals surface area contributed by atoms with Crippen LogP contribution in [-0.4, -0.2) is 32.7 Å². The summed E-state index contributed by atoms with van der Waals surface area (Å²) in [6, 6.07) is 9.80. The molecule has 0 aliphatic carbocycles. The Kier molecular flexibility index (Phi) is 4.60. The van der Waals surface area contributed by atoms with E-state index in [1.54, 1.807) is 24.4 Å². The van der Waals surface area contributed by atoms with Crippen LogP contribution in [0, 0.1) is 5.82 Å². The van der Waals surface area contributed by atoms with Crippen molar-refractivity contribution >= 4 is 11.5 Å². The van der Waals surface area contributed by atoms with Gasteiger partial charge in [-0.15, -0.1) is 0 Å². The zero-order valence-electron chi connectivity index (χ0n) is 16.3. The average Bonchev–Trinajstić information content (AvgIpc) is 3.41. The minimum atomic E-state index is -4.49. The monoisotopic (exact) mass is 427 g/mol. The zero-order valence-corrected chi connectivity index (χ0v) is 16.3. The number of rotatable bonds is 3. The second-order valence-corrected chi connectivity index (χ2v) is 7.41. The molecule has 0 radical (unpaired) electrons. The third-order valence-corrected chi connectivity index (χ3v) is 5.36. The highest BCUT2D eigenvalue weighted by Crippen LogP contribution is 2.37. The molecule has 1 aromatic carbocycles. The number of fused-ring (bicyclic) bond motifs is 1. The average molecular weight is 427 g/mol. The first-order chi connectivity index (χ1) is 14.9. The third-order valence-electron chi connectivity index (χ3n) is 5.36. The SMILES string of the molecule is Fc1ccc(-c2nn3cc(C(F)(F)F)ccc3c2-c2ccnc(N3CCCC3)n2)cc1. The van der Waals surface area contributed by atoms with Crippen molar-refractivity contribution in [3.8, 4) is 22.5 Å². The topological polar surface area (TPSA) is 46.3 Å². The van der Waals surface area contributed by atoms with Gasteiger partial charge in [0.15, 0.2) is 0 Å². The molecule has 4 aromatic rings.